The molecule has 1 heteroatoms. The molecule has 0 atom stereocenters. The highest BCUT2D eigenvalue weighted by atomic mass is 127. The fourth-order valence-electron chi connectivity index (χ4n) is 0.802. The van der Waals surface area contributed by atoms with Crippen LogP contribution in [0.2, 0.25) is 0 Å². The van der Waals surface area contributed by atoms with Gasteiger partial charge in [0.15, 0.2) is 0 Å². The highest BCUT2D eigenvalue weighted by Crippen LogP contribution is 2.05. The monoisotopic (exact) mass is 239 g/mol. The number of unbranched alkanes of at least 4 members (excludes halogenated alkanes) is 5. The van der Waals surface area contributed by atoms with E-state index in [9.17, 15) is 0 Å². The quantitative estimate of drug-likeness (QED) is 0.377. The Kier molecular flexibility index (Phi) is 9.44. The second kappa shape index (κ2) is 8.73. The maximum Gasteiger partial charge on any atom is -0.000473 e. The van der Waals surface area contributed by atoms with Gasteiger partial charge in [-0.3, -0.25) is 0 Å². The minimum absolute atomic E-state index is 1.12. The Balaban J connectivity index is 2.60. The van der Waals surface area contributed by atoms with Crippen LogP contribution in [0, 0.1) is 6.92 Å². The molecule has 0 spiro atoms. The van der Waals surface area contributed by atoms with Crippen molar-refractivity contribution >= 4 is 22.6 Å². The first-order valence-corrected chi connectivity index (χ1v) is 5.29. The SMILES string of the molecule is [CH2]CCCCCCCI. The van der Waals surface area contributed by atoms with Gasteiger partial charge in [-0.2, -0.15) is 0 Å². The van der Waals surface area contributed by atoms with Crippen molar-refractivity contribution in [3.8, 4) is 0 Å². The molecular formula is C8H16I. The third kappa shape index (κ3) is 8.73. The lowest BCUT2D eigenvalue weighted by Gasteiger charge is -1.95. The Hall–Kier alpha value is 0.730. The zero-order chi connectivity index (χ0) is 6.95. The standard InChI is InChI=1S/C8H16I/c1-2-3-4-5-6-7-8-9/h1-8H2. The summed E-state index contributed by atoms with van der Waals surface area (Å²) in [5.74, 6) is 0. The van der Waals surface area contributed by atoms with Gasteiger partial charge in [0.2, 0.25) is 0 Å². The van der Waals surface area contributed by atoms with Crippen molar-refractivity contribution in [2.45, 2.75) is 38.5 Å². The Morgan fingerprint density at radius 3 is 2.00 bits per heavy atom. The minimum Gasteiger partial charge on any atom is -0.0864 e. The first kappa shape index (κ1) is 9.73. The molecule has 0 saturated heterocycles. The smallest absolute Gasteiger partial charge is 0.000473 e. The van der Waals surface area contributed by atoms with Crippen LogP contribution in [0.15, 0.2) is 0 Å². The number of rotatable bonds is 6. The van der Waals surface area contributed by atoms with Crippen LogP contribution in [0.3, 0.4) is 0 Å². The van der Waals surface area contributed by atoms with E-state index >= 15 is 0 Å². The van der Waals surface area contributed by atoms with Gasteiger partial charge in [-0.1, -0.05) is 61.6 Å². The number of alkyl halides is 1. The van der Waals surface area contributed by atoms with E-state index in [1.807, 2.05) is 0 Å². The average molecular weight is 239 g/mol. The normalized spacial score (nSPS) is 10.0. The van der Waals surface area contributed by atoms with Gasteiger partial charge in [0.1, 0.15) is 0 Å². The third-order valence-electron chi connectivity index (χ3n) is 1.38. The van der Waals surface area contributed by atoms with Crippen LogP contribution in [-0.2, 0) is 0 Å². The first-order valence-electron chi connectivity index (χ1n) is 3.77. The molecular weight excluding hydrogens is 223 g/mol. The van der Waals surface area contributed by atoms with Gasteiger partial charge >= 0.3 is 0 Å². The molecule has 0 aromatic rings. The molecule has 0 bridgehead atoms. The summed E-state index contributed by atoms with van der Waals surface area (Å²) in [6, 6.07) is 0. The minimum atomic E-state index is 1.12. The Bertz CT molecular complexity index is 37.8. The van der Waals surface area contributed by atoms with Crippen LogP contribution < -0.4 is 0 Å². The summed E-state index contributed by atoms with van der Waals surface area (Å²) >= 11 is 2.44. The molecule has 0 aliphatic heterocycles. The van der Waals surface area contributed by atoms with E-state index in [2.05, 4.69) is 29.5 Å². The van der Waals surface area contributed by atoms with Gasteiger partial charge < -0.3 is 0 Å². The van der Waals surface area contributed by atoms with E-state index < -0.39 is 0 Å². The molecule has 1 radical (unpaired) electrons. The molecule has 0 rings (SSSR count). The molecule has 55 valence electrons. The van der Waals surface area contributed by atoms with Gasteiger partial charge in [-0.15, -0.1) is 0 Å². The fourth-order valence-corrected chi connectivity index (χ4v) is 1.34. The van der Waals surface area contributed by atoms with E-state index in [-0.39, 0.29) is 0 Å². The van der Waals surface area contributed by atoms with Crippen molar-refractivity contribution in [1.82, 2.24) is 0 Å². The average Bonchev–Trinajstić information content (AvgIpc) is 1.89. The lowest BCUT2D eigenvalue weighted by atomic mass is 10.1. The Labute approximate surface area is 72.6 Å². The third-order valence-corrected chi connectivity index (χ3v) is 2.15. The summed E-state index contributed by atoms with van der Waals surface area (Å²) in [5.41, 5.74) is 0. The molecule has 0 aliphatic rings. The van der Waals surface area contributed by atoms with Crippen LogP contribution in [0.5, 0.6) is 0 Å². The van der Waals surface area contributed by atoms with E-state index in [4.69, 9.17) is 0 Å². The molecule has 0 unspecified atom stereocenters. The number of hydrogen-bond acceptors (Lipinski definition) is 0. The first-order chi connectivity index (χ1) is 4.41. The Morgan fingerprint density at radius 2 is 1.44 bits per heavy atom. The molecule has 0 aromatic carbocycles. The van der Waals surface area contributed by atoms with Crippen molar-refractivity contribution in [1.29, 1.82) is 0 Å². The second-order valence-corrected chi connectivity index (χ2v) is 3.39. The summed E-state index contributed by atoms with van der Waals surface area (Å²) in [5, 5.41) is 0. The fraction of sp³-hybridized carbons (Fsp3) is 0.875. The van der Waals surface area contributed by atoms with Crippen LogP contribution in [0.25, 0.3) is 0 Å². The van der Waals surface area contributed by atoms with Gasteiger partial charge in [-0.05, 0) is 10.8 Å². The zero-order valence-electron chi connectivity index (χ0n) is 6.03. The maximum atomic E-state index is 3.80. The van der Waals surface area contributed by atoms with Crippen LogP contribution >= 0.6 is 22.6 Å². The molecule has 9 heavy (non-hydrogen) atoms. The van der Waals surface area contributed by atoms with E-state index in [0.717, 1.165) is 6.42 Å². The summed E-state index contributed by atoms with van der Waals surface area (Å²) in [4.78, 5) is 0. The maximum absolute atomic E-state index is 3.80. The molecule has 0 amide bonds. The lowest BCUT2D eigenvalue weighted by molar-refractivity contribution is 0.641. The molecule has 0 nitrogen and oxygen atoms in total. The summed E-state index contributed by atoms with van der Waals surface area (Å²) in [7, 11) is 0. The van der Waals surface area contributed by atoms with Crippen molar-refractivity contribution in [2.75, 3.05) is 4.43 Å². The number of hydrogen-bond donors (Lipinski definition) is 0. The molecule has 0 aliphatic carbocycles. The summed E-state index contributed by atoms with van der Waals surface area (Å²) in [6.45, 7) is 3.80. The van der Waals surface area contributed by atoms with E-state index in [0.29, 0.717) is 0 Å². The Morgan fingerprint density at radius 1 is 0.889 bits per heavy atom. The van der Waals surface area contributed by atoms with Gasteiger partial charge in [0, 0.05) is 0 Å². The van der Waals surface area contributed by atoms with Crippen LogP contribution in [0.4, 0.5) is 0 Å². The van der Waals surface area contributed by atoms with Crippen molar-refractivity contribution in [3.05, 3.63) is 6.92 Å². The van der Waals surface area contributed by atoms with E-state index in [1.165, 1.54) is 36.5 Å². The van der Waals surface area contributed by atoms with Gasteiger partial charge in [-0.25, -0.2) is 0 Å². The largest absolute Gasteiger partial charge is 0.0864 e. The van der Waals surface area contributed by atoms with Crippen molar-refractivity contribution in [3.63, 3.8) is 0 Å². The number of halogens is 1. The highest BCUT2D eigenvalue weighted by molar-refractivity contribution is 14.1. The van der Waals surface area contributed by atoms with Crippen LogP contribution in [-0.4, -0.2) is 4.43 Å². The topological polar surface area (TPSA) is 0 Å². The summed E-state index contributed by atoms with van der Waals surface area (Å²) < 4.78 is 1.32. The zero-order valence-corrected chi connectivity index (χ0v) is 8.19. The van der Waals surface area contributed by atoms with Crippen LogP contribution in [0.1, 0.15) is 38.5 Å². The second-order valence-electron chi connectivity index (χ2n) is 2.31. The predicted molar refractivity (Wildman–Crippen MR) is 51.9 cm³/mol. The van der Waals surface area contributed by atoms with Gasteiger partial charge in [0.05, 0.1) is 0 Å². The lowest BCUT2D eigenvalue weighted by Crippen LogP contribution is -1.78. The van der Waals surface area contributed by atoms with Gasteiger partial charge in [0.25, 0.3) is 0 Å². The summed E-state index contributed by atoms with van der Waals surface area (Å²) in [6.07, 6.45) is 8.06. The molecule has 0 N–H and O–H groups in total. The molecule has 0 saturated carbocycles. The molecule has 0 heterocycles. The predicted octanol–water partition coefficient (Wildman–Crippen LogP) is 3.60. The highest BCUT2D eigenvalue weighted by Gasteiger charge is 1.86. The molecule has 0 aromatic heterocycles. The molecule has 0 fully saturated rings. The van der Waals surface area contributed by atoms with E-state index in [1.54, 1.807) is 0 Å². The van der Waals surface area contributed by atoms with Crippen molar-refractivity contribution in [2.24, 2.45) is 0 Å². The van der Waals surface area contributed by atoms with Crippen molar-refractivity contribution < 1.29 is 0 Å².